The lowest BCUT2D eigenvalue weighted by Crippen LogP contribution is -2.49. The largest absolute Gasteiger partial charge is 0.457 e. The van der Waals surface area contributed by atoms with E-state index in [9.17, 15) is 14.4 Å². The summed E-state index contributed by atoms with van der Waals surface area (Å²) in [5.74, 6) is 0.756. The van der Waals surface area contributed by atoms with Crippen LogP contribution < -0.4 is 15.4 Å². The summed E-state index contributed by atoms with van der Waals surface area (Å²) in [6, 6.07) is 34.4. The molecule has 0 fully saturated rings. The predicted octanol–water partition coefficient (Wildman–Crippen LogP) is 5.59. The van der Waals surface area contributed by atoms with Crippen LogP contribution >= 0.6 is 0 Å². The van der Waals surface area contributed by atoms with Crippen LogP contribution in [-0.2, 0) is 22.6 Å². The van der Waals surface area contributed by atoms with E-state index in [-0.39, 0.29) is 24.4 Å². The number of benzene rings is 4. The smallest absolute Gasteiger partial charge is 0.322 e. The Hall–Kier alpha value is -5.37. The zero-order valence-corrected chi connectivity index (χ0v) is 24.5. The lowest BCUT2D eigenvalue weighted by Gasteiger charge is -2.33. The van der Waals surface area contributed by atoms with Gasteiger partial charge >= 0.3 is 6.03 Å². The maximum atomic E-state index is 14.4. The first-order valence-electron chi connectivity index (χ1n) is 14.8. The van der Waals surface area contributed by atoms with Gasteiger partial charge in [-0.25, -0.2) is 4.79 Å². The first kappa shape index (κ1) is 28.7. The zero-order valence-electron chi connectivity index (χ0n) is 24.5. The van der Waals surface area contributed by atoms with Crippen molar-refractivity contribution in [1.29, 1.82) is 0 Å². The minimum Gasteiger partial charge on any atom is -0.457 e. The molecule has 0 saturated carbocycles. The second-order valence-electron chi connectivity index (χ2n) is 10.8. The van der Waals surface area contributed by atoms with E-state index in [0.29, 0.717) is 42.3 Å². The van der Waals surface area contributed by atoms with Gasteiger partial charge in [-0.1, -0.05) is 91.0 Å². The number of hydrogen-bond acceptors (Lipinski definition) is 4. The monoisotopic (exact) mass is 586 g/mol. The van der Waals surface area contributed by atoms with E-state index >= 15 is 0 Å². The van der Waals surface area contributed by atoms with Gasteiger partial charge in [0, 0.05) is 19.5 Å². The second-order valence-corrected chi connectivity index (χ2v) is 10.8. The maximum absolute atomic E-state index is 14.4. The highest BCUT2D eigenvalue weighted by Crippen LogP contribution is 2.38. The molecule has 0 spiro atoms. The van der Waals surface area contributed by atoms with Crippen LogP contribution in [0.4, 0.5) is 4.79 Å². The fraction of sp³-hybridized carbons (Fsp3) is 0.194. The molecule has 2 atom stereocenters. The van der Waals surface area contributed by atoms with Crippen molar-refractivity contribution in [2.75, 3.05) is 13.1 Å². The molecule has 0 saturated heterocycles. The van der Waals surface area contributed by atoms with Gasteiger partial charge < -0.3 is 20.3 Å². The number of rotatable bonds is 10. The number of urea groups is 1. The fourth-order valence-electron chi connectivity index (χ4n) is 5.82. The van der Waals surface area contributed by atoms with Crippen molar-refractivity contribution in [3.05, 3.63) is 143 Å². The Kier molecular flexibility index (Phi) is 8.41. The van der Waals surface area contributed by atoms with E-state index in [0.717, 1.165) is 16.7 Å². The third kappa shape index (κ3) is 6.06. The second kappa shape index (κ2) is 12.9. The SMILES string of the molecule is CCN1C(=O)N[C@H](c2cccc(Oc3ccccc3)c2)C2=C1CN([C@H](Cc1ccccc1)C(=O)NCc1ccccc1)C2=O. The number of likely N-dealkylation sites (N-methyl/N-ethyl adjacent to an activating group) is 1. The van der Waals surface area contributed by atoms with Gasteiger partial charge in [0.05, 0.1) is 23.9 Å². The Morgan fingerprint density at radius 2 is 1.50 bits per heavy atom. The van der Waals surface area contributed by atoms with Crippen molar-refractivity contribution in [1.82, 2.24) is 20.4 Å². The van der Waals surface area contributed by atoms with Gasteiger partial charge in [-0.15, -0.1) is 0 Å². The minimum absolute atomic E-state index is 0.155. The molecule has 4 aromatic carbocycles. The topological polar surface area (TPSA) is 91.0 Å². The Morgan fingerprint density at radius 1 is 0.864 bits per heavy atom. The number of hydrogen-bond donors (Lipinski definition) is 2. The number of amides is 4. The summed E-state index contributed by atoms with van der Waals surface area (Å²) in [6.45, 7) is 2.76. The summed E-state index contributed by atoms with van der Waals surface area (Å²) in [6.07, 6.45) is 0.340. The molecule has 222 valence electrons. The molecule has 8 nitrogen and oxygen atoms in total. The van der Waals surface area contributed by atoms with E-state index in [1.165, 1.54) is 0 Å². The normalized spacial score (nSPS) is 16.8. The molecule has 2 aliphatic heterocycles. The number of carbonyl (C=O) groups is 3. The number of carbonyl (C=O) groups excluding carboxylic acids is 3. The average molecular weight is 587 g/mol. The van der Waals surface area contributed by atoms with Crippen LogP contribution in [-0.4, -0.2) is 46.8 Å². The lowest BCUT2D eigenvalue weighted by atomic mass is 9.95. The quantitative estimate of drug-likeness (QED) is 0.254. The van der Waals surface area contributed by atoms with Crippen molar-refractivity contribution in [3.8, 4) is 11.5 Å². The highest BCUT2D eigenvalue weighted by Gasteiger charge is 2.46. The highest BCUT2D eigenvalue weighted by atomic mass is 16.5. The molecule has 44 heavy (non-hydrogen) atoms. The summed E-state index contributed by atoms with van der Waals surface area (Å²) in [7, 11) is 0. The molecule has 6 rings (SSSR count). The van der Waals surface area contributed by atoms with Crippen LogP contribution in [0.2, 0.25) is 0 Å². The van der Waals surface area contributed by atoms with Crippen molar-refractivity contribution >= 4 is 17.8 Å². The summed E-state index contributed by atoms with van der Waals surface area (Å²) >= 11 is 0. The molecule has 0 unspecified atom stereocenters. The van der Waals surface area contributed by atoms with Crippen LogP contribution in [0.25, 0.3) is 0 Å². The first-order valence-corrected chi connectivity index (χ1v) is 14.8. The summed E-state index contributed by atoms with van der Waals surface area (Å²) in [5.41, 5.74) is 3.72. The Balaban J connectivity index is 1.31. The van der Waals surface area contributed by atoms with Crippen LogP contribution in [0, 0.1) is 0 Å². The lowest BCUT2D eigenvalue weighted by molar-refractivity contribution is -0.136. The molecule has 4 aromatic rings. The van der Waals surface area contributed by atoms with E-state index < -0.39 is 12.1 Å². The predicted molar refractivity (Wildman–Crippen MR) is 168 cm³/mol. The Labute approximate surface area is 256 Å². The molecule has 2 N–H and O–H groups in total. The van der Waals surface area contributed by atoms with Gasteiger partial charge in [0.15, 0.2) is 0 Å². The molecule has 0 aliphatic carbocycles. The van der Waals surface area contributed by atoms with Crippen molar-refractivity contribution < 1.29 is 19.1 Å². The standard InChI is InChI=1S/C36H34N4O4/c1-2-39-31-24-40(30(21-25-13-6-3-7-14-25)34(41)37-23-26-15-8-4-9-16-26)35(42)32(31)33(38-36(39)43)27-17-12-20-29(22-27)44-28-18-10-5-11-19-28/h3-20,22,30,33H,2,21,23-24H2,1H3,(H,37,41)(H,38,43)/t30-,33-/m1/s1. The van der Waals surface area contributed by atoms with Crippen LogP contribution in [0.1, 0.15) is 29.7 Å². The maximum Gasteiger partial charge on any atom is 0.322 e. The van der Waals surface area contributed by atoms with E-state index in [2.05, 4.69) is 10.6 Å². The number of ether oxygens (including phenoxy) is 1. The van der Waals surface area contributed by atoms with Gasteiger partial charge in [-0.05, 0) is 47.9 Å². The Morgan fingerprint density at radius 3 is 2.18 bits per heavy atom. The van der Waals surface area contributed by atoms with E-state index in [4.69, 9.17) is 4.74 Å². The number of nitrogens with zero attached hydrogens (tertiary/aromatic N) is 2. The van der Waals surface area contributed by atoms with Crippen molar-refractivity contribution in [2.45, 2.75) is 32.0 Å². The van der Waals surface area contributed by atoms with Crippen LogP contribution in [0.3, 0.4) is 0 Å². The molecular weight excluding hydrogens is 552 g/mol. The molecule has 8 heteroatoms. The number of nitrogens with one attached hydrogen (secondary N) is 2. The molecule has 0 radical (unpaired) electrons. The van der Waals surface area contributed by atoms with Gasteiger partial charge in [-0.3, -0.25) is 14.5 Å². The third-order valence-corrected chi connectivity index (χ3v) is 8.00. The van der Waals surface area contributed by atoms with Crippen molar-refractivity contribution in [2.24, 2.45) is 0 Å². The van der Waals surface area contributed by atoms with Gasteiger partial charge in [0.1, 0.15) is 17.5 Å². The molecule has 0 aromatic heterocycles. The molecule has 2 heterocycles. The van der Waals surface area contributed by atoms with E-state index in [1.807, 2.05) is 122 Å². The summed E-state index contributed by atoms with van der Waals surface area (Å²) in [4.78, 5) is 44.7. The van der Waals surface area contributed by atoms with Crippen LogP contribution in [0.15, 0.2) is 127 Å². The fourth-order valence-corrected chi connectivity index (χ4v) is 5.82. The Bertz CT molecular complexity index is 1670. The number of para-hydroxylation sites is 1. The molecule has 2 aliphatic rings. The third-order valence-electron chi connectivity index (χ3n) is 8.00. The summed E-state index contributed by atoms with van der Waals surface area (Å²) in [5, 5.41) is 6.08. The average Bonchev–Trinajstić information content (AvgIpc) is 3.40. The molecule has 4 amide bonds. The zero-order chi connectivity index (χ0) is 30.5. The van der Waals surface area contributed by atoms with Gasteiger partial charge in [-0.2, -0.15) is 0 Å². The van der Waals surface area contributed by atoms with Gasteiger partial charge in [0.25, 0.3) is 5.91 Å². The minimum atomic E-state index is -0.776. The molecule has 0 bridgehead atoms. The first-order chi connectivity index (χ1) is 21.5. The molecular formula is C36H34N4O4. The highest BCUT2D eigenvalue weighted by molar-refractivity contribution is 6.03. The van der Waals surface area contributed by atoms with Gasteiger partial charge in [0.2, 0.25) is 5.91 Å². The van der Waals surface area contributed by atoms with E-state index in [1.54, 1.807) is 9.80 Å². The van der Waals surface area contributed by atoms with Crippen LogP contribution in [0.5, 0.6) is 11.5 Å². The van der Waals surface area contributed by atoms with Crippen molar-refractivity contribution in [3.63, 3.8) is 0 Å². The summed E-state index contributed by atoms with van der Waals surface area (Å²) < 4.78 is 6.05.